The molecule has 1 aromatic carbocycles. The van der Waals surface area contributed by atoms with Gasteiger partial charge in [0.25, 0.3) is 0 Å². The Labute approximate surface area is 109 Å². The minimum absolute atomic E-state index is 0.106. The Morgan fingerprint density at radius 3 is 2.42 bits per heavy atom. The molecule has 2 aromatic rings. The van der Waals surface area contributed by atoms with Crippen LogP contribution in [-0.4, -0.2) is 21.9 Å². The second-order valence-electron chi connectivity index (χ2n) is 3.67. The van der Waals surface area contributed by atoms with Crippen molar-refractivity contribution in [1.29, 1.82) is 0 Å². The molecule has 0 aliphatic carbocycles. The molecule has 0 aliphatic heterocycles. The van der Waals surface area contributed by atoms with E-state index in [4.69, 9.17) is 0 Å². The van der Waals surface area contributed by atoms with E-state index in [2.05, 4.69) is 15.6 Å². The number of carbonyl (C=O) groups excluding carboxylic acids is 2. The van der Waals surface area contributed by atoms with Gasteiger partial charge in [0.2, 0.25) is 0 Å². The van der Waals surface area contributed by atoms with Crippen LogP contribution in [0.4, 0.5) is 11.4 Å². The Balaban J connectivity index is 2.01. The van der Waals surface area contributed by atoms with Crippen LogP contribution < -0.4 is 10.6 Å². The van der Waals surface area contributed by atoms with E-state index in [-0.39, 0.29) is 11.4 Å². The van der Waals surface area contributed by atoms with Gasteiger partial charge in [-0.25, -0.2) is 0 Å². The number of phenolic OH excluding ortho intramolecular Hbond substituents is 1. The zero-order valence-electron chi connectivity index (χ0n) is 9.83. The Morgan fingerprint density at radius 1 is 1.00 bits per heavy atom. The Hall–Kier alpha value is -2.89. The first-order valence-corrected chi connectivity index (χ1v) is 5.47. The molecule has 0 unspecified atom stereocenters. The lowest BCUT2D eigenvalue weighted by Crippen LogP contribution is -2.29. The Bertz CT molecular complexity index is 599. The normalized spacial score (nSPS) is 9.68. The Kier molecular flexibility index (Phi) is 3.72. The minimum Gasteiger partial charge on any atom is -0.506 e. The number of amides is 2. The molecule has 19 heavy (non-hydrogen) atoms. The molecule has 96 valence electrons. The van der Waals surface area contributed by atoms with Crippen molar-refractivity contribution in [2.24, 2.45) is 0 Å². The van der Waals surface area contributed by atoms with Crippen molar-refractivity contribution in [1.82, 2.24) is 4.98 Å². The summed E-state index contributed by atoms with van der Waals surface area (Å²) < 4.78 is 0. The average molecular weight is 257 g/mol. The highest BCUT2D eigenvalue weighted by molar-refractivity contribution is 6.43. The molecular weight excluding hydrogens is 246 g/mol. The number of hydrogen-bond acceptors (Lipinski definition) is 4. The van der Waals surface area contributed by atoms with Gasteiger partial charge < -0.3 is 15.7 Å². The summed E-state index contributed by atoms with van der Waals surface area (Å²) in [4.78, 5) is 27.0. The second kappa shape index (κ2) is 5.63. The maximum Gasteiger partial charge on any atom is 0.314 e. The molecule has 6 heteroatoms. The molecule has 3 N–H and O–H groups in total. The van der Waals surface area contributed by atoms with E-state index in [9.17, 15) is 14.7 Å². The number of aromatic hydroxyl groups is 1. The van der Waals surface area contributed by atoms with Crippen LogP contribution in [0.5, 0.6) is 5.75 Å². The molecule has 0 spiro atoms. The van der Waals surface area contributed by atoms with Crippen molar-refractivity contribution in [2.75, 3.05) is 10.6 Å². The molecule has 2 amide bonds. The maximum atomic E-state index is 11.6. The van der Waals surface area contributed by atoms with Crippen LogP contribution in [0.3, 0.4) is 0 Å². The molecule has 0 radical (unpaired) electrons. The minimum atomic E-state index is -0.870. The SMILES string of the molecule is O=C(Nc1cccnc1)C(=O)Nc1ccccc1O. The second-order valence-corrected chi connectivity index (χ2v) is 3.67. The van der Waals surface area contributed by atoms with Crippen LogP contribution in [0.2, 0.25) is 0 Å². The number of carbonyl (C=O) groups is 2. The number of anilines is 2. The van der Waals surface area contributed by atoms with E-state index in [0.717, 1.165) is 0 Å². The Morgan fingerprint density at radius 2 is 1.74 bits per heavy atom. The molecule has 6 nitrogen and oxygen atoms in total. The van der Waals surface area contributed by atoms with Gasteiger partial charge in [0.15, 0.2) is 0 Å². The highest BCUT2D eigenvalue weighted by Gasteiger charge is 2.15. The first kappa shape index (κ1) is 12.6. The van der Waals surface area contributed by atoms with Crippen molar-refractivity contribution >= 4 is 23.2 Å². The third kappa shape index (κ3) is 3.29. The van der Waals surface area contributed by atoms with E-state index in [0.29, 0.717) is 5.69 Å². The van der Waals surface area contributed by atoms with Gasteiger partial charge >= 0.3 is 11.8 Å². The third-order valence-electron chi connectivity index (χ3n) is 2.28. The van der Waals surface area contributed by atoms with Crippen LogP contribution in [0.25, 0.3) is 0 Å². The highest BCUT2D eigenvalue weighted by Crippen LogP contribution is 2.21. The van der Waals surface area contributed by atoms with E-state index < -0.39 is 11.8 Å². The van der Waals surface area contributed by atoms with Crippen molar-refractivity contribution in [3.8, 4) is 5.75 Å². The molecular formula is C13H11N3O3. The first-order chi connectivity index (χ1) is 9.16. The van der Waals surface area contributed by atoms with Crippen LogP contribution in [-0.2, 0) is 9.59 Å². The fourth-order valence-corrected chi connectivity index (χ4v) is 1.38. The number of phenols is 1. The van der Waals surface area contributed by atoms with Crippen LogP contribution in [0.1, 0.15) is 0 Å². The van der Waals surface area contributed by atoms with Crippen LogP contribution in [0, 0.1) is 0 Å². The topological polar surface area (TPSA) is 91.3 Å². The van der Waals surface area contributed by atoms with Crippen molar-refractivity contribution in [2.45, 2.75) is 0 Å². The number of nitrogens with zero attached hydrogens (tertiary/aromatic N) is 1. The molecule has 0 saturated carbocycles. The molecule has 1 heterocycles. The maximum absolute atomic E-state index is 11.6. The quantitative estimate of drug-likeness (QED) is 0.559. The number of para-hydroxylation sites is 2. The predicted octanol–water partition coefficient (Wildman–Crippen LogP) is 1.36. The summed E-state index contributed by atoms with van der Waals surface area (Å²) in [6, 6.07) is 9.39. The van der Waals surface area contributed by atoms with E-state index >= 15 is 0 Å². The fraction of sp³-hybridized carbons (Fsp3) is 0. The fourth-order valence-electron chi connectivity index (χ4n) is 1.38. The number of hydrogen-bond donors (Lipinski definition) is 3. The van der Waals surface area contributed by atoms with Gasteiger partial charge in [0.05, 0.1) is 17.6 Å². The third-order valence-corrected chi connectivity index (χ3v) is 2.28. The molecule has 0 saturated heterocycles. The summed E-state index contributed by atoms with van der Waals surface area (Å²) >= 11 is 0. The van der Waals surface area contributed by atoms with Crippen LogP contribution >= 0.6 is 0 Å². The lowest BCUT2D eigenvalue weighted by atomic mass is 10.3. The summed E-state index contributed by atoms with van der Waals surface area (Å²) in [5, 5.41) is 14.2. The number of aromatic nitrogens is 1. The van der Waals surface area contributed by atoms with Crippen LogP contribution in [0.15, 0.2) is 48.8 Å². The van der Waals surface area contributed by atoms with Crippen molar-refractivity contribution in [3.63, 3.8) is 0 Å². The van der Waals surface area contributed by atoms with E-state index in [1.54, 1.807) is 30.5 Å². The first-order valence-electron chi connectivity index (χ1n) is 5.47. The summed E-state index contributed by atoms with van der Waals surface area (Å²) in [5.41, 5.74) is 0.591. The molecule has 1 aromatic heterocycles. The van der Waals surface area contributed by atoms with Gasteiger partial charge in [-0.1, -0.05) is 12.1 Å². The molecule has 0 aliphatic rings. The van der Waals surface area contributed by atoms with Crippen molar-refractivity contribution < 1.29 is 14.7 Å². The summed E-state index contributed by atoms with van der Waals surface area (Å²) in [6.07, 6.45) is 2.98. The monoisotopic (exact) mass is 257 g/mol. The lowest BCUT2D eigenvalue weighted by Gasteiger charge is -2.07. The van der Waals surface area contributed by atoms with Gasteiger partial charge in [0.1, 0.15) is 5.75 Å². The number of rotatable bonds is 2. The standard InChI is InChI=1S/C13H11N3O3/c17-11-6-2-1-5-10(11)16-13(19)12(18)15-9-4-3-7-14-8-9/h1-8,17H,(H,15,18)(H,16,19). The highest BCUT2D eigenvalue weighted by atomic mass is 16.3. The number of benzene rings is 1. The molecule has 0 fully saturated rings. The van der Waals surface area contributed by atoms with Gasteiger partial charge in [-0.15, -0.1) is 0 Å². The smallest absolute Gasteiger partial charge is 0.314 e. The van der Waals surface area contributed by atoms with Gasteiger partial charge in [-0.05, 0) is 24.3 Å². The zero-order chi connectivity index (χ0) is 13.7. The van der Waals surface area contributed by atoms with Crippen molar-refractivity contribution in [3.05, 3.63) is 48.8 Å². The molecule has 0 atom stereocenters. The lowest BCUT2D eigenvalue weighted by molar-refractivity contribution is -0.133. The molecule has 0 bridgehead atoms. The zero-order valence-corrected chi connectivity index (χ0v) is 9.83. The number of pyridine rings is 1. The largest absolute Gasteiger partial charge is 0.506 e. The van der Waals surface area contributed by atoms with Gasteiger partial charge in [-0.3, -0.25) is 14.6 Å². The molecule has 2 rings (SSSR count). The average Bonchev–Trinajstić information content (AvgIpc) is 2.42. The summed E-state index contributed by atoms with van der Waals surface area (Å²) in [5.74, 6) is -1.81. The van der Waals surface area contributed by atoms with Gasteiger partial charge in [-0.2, -0.15) is 0 Å². The number of nitrogens with one attached hydrogen (secondary N) is 2. The summed E-state index contributed by atoms with van der Waals surface area (Å²) in [6.45, 7) is 0. The van der Waals surface area contributed by atoms with E-state index in [1.807, 2.05) is 0 Å². The summed E-state index contributed by atoms with van der Waals surface area (Å²) in [7, 11) is 0. The van der Waals surface area contributed by atoms with Gasteiger partial charge in [0, 0.05) is 6.20 Å². The predicted molar refractivity (Wildman–Crippen MR) is 69.6 cm³/mol. The van der Waals surface area contributed by atoms with E-state index in [1.165, 1.54) is 18.3 Å².